The van der Waals surface area contributed by atoms with Gasteiger partial charge in [-0.1, -0.05) is 12.6 Å². The van der Waals surface area contributed by atoms with Crippen LogP contribution in [-0.2, 0) is 11.8 Å². The van der Waals surface area contributed by atoms with E-state index in [9.17, 15) is 9.18 Å². The molecule has 0 saturated carbocycles. The zero-order chi connectivity index (χ0) is 19.7. The molecule has 0 radical (unpaired) electrons. The third-order valence-corrected chi connectivity index (χ3v) is 5.14. The second-order valence-electron chi connectivity index (χ2n) is 6.99. The van der Waals surface area contributed by atoms with Gasteiger partial charge in [-0.3, -0.25) is 9.48 Å². The molecule has 4 rings (SSSR count). The van der Waals surface area contributed by atoms with Crippen LogP contribution in [0.2, 0.25) is 0 Å². The van der Waals surface area contributed by atoms with Crippen molar-refractivity contribution in [1.82, 2.24) is 19.7 Å². The number of pyridine rings is 1. The Hall–Kier alpha value is -3.28. The van der Waals surface area contributed by atoms with Crippen LogP contribution < -0.4 is 0 Å². The molecule has 1 aromatic carbocycles. The first-order valence-electron chi connectivity index (χ1n) is 9.23. The van der Waals surface area contributed by atoms with E-state index in [-0.39, 0.29) is 17.6 Å². The van der Waals surface area contributed by atoms with Gasteiger partial charge in [0.25, 0.3) is 0 Å². The van der Waals surface area contributed by atoms with Crippen LogP contribution in [0, 0.1) is 5.82 Å². The number of halogens is 1. The summed E-state index contributed by atoms with van der Waals surface area (Å²) in [6, 6.07) is 12.2. The number of nitrogens with zero attached hydrogens (tertiary/aromatic N) is 4. The lowest BCUT2D eigenvalue weighted by Crippen LogP contribution is -2.26. The van der Waals surface area contributed by atoms with Gasteiger partial charge in [0, 0.05) is 37.8 Å². The molecule has 1 fully saturated rings. The number of likely N-dealkylation sites (tertiary alicyclic amines) is 1. The maximum atomic E-state index is 13.3. The van der Waals surface area contributed by atoms with Crippen molar-refractivity contribution in [3.8, 4) is 22.6 Å². The van der Waals surface area contributed by atoms with Crippen LogP contribution in [0.5, 0.6) is 0 Å². The molecule has 3 aromatic rings. The summed E-state index contributed by atoms with van der Waals surface area (Å²) in [6.45, 7) is 4.93. The molecule has 1 saturated heterocycles. The van der Waals surface area contributed by atoms with E-state index < -0.39 is 0 Å². The molecule has 0 bridgehead atoms. The van der Waals surface area contributed by atoms with Gasteiger partial charge in [-0.05, 0) is 54.5 Å². The minimum Gasteiger partial charge on any atom is -0.339 e. The minimum atomic E-state index is -0.275. The molecule has 5 nitrogen and oxygen atoms in total. The molecule has 3 heterocycles. The Kier molecular flexibility index (Phi) is 4.77. The predicted octanol–water partition coefficient (Wildman–Crippen LogP) is 3.79. The highest BCUT2D eigenvalue weighted by Crippen LogP contribution is 2.35. The van der Waals surface area contributed by atoms with Crippen LogP contribution in [-0.4, -0.2) is 38.7 Å². The van der Waals surface area contributed by atoms with E-state index >= 15 is 0 Å². The first kappa shape index (κ1) is 18.1. The molecule has 142 valence electrons. The second kappa shape index (κ2) is 7.38. The Morgan fingerprint density at radius 2 is 1.96 bits per heavy atom. The van der Waals surface area contributed by atoms with Crippen molar-refractivity contribution in [3.63, 3.8) is 0 Å². The summed E-state index contributed by atoms with van der Waals surface area (Å²) in [4.78, 5) is 18.6. The molecule has 1 atom stereocenters. The van der Waals surface area contributed by atoms with E-state index in [1.165, 1.54) is 18.2 Å². The molecule has 28 heavy (non-hydrogen) atoms. The quantitative estimate of drug-likeness (QED) is 0.651. The number of carbonyl (C=O) groups is 1. The van der Waals surface area contributed by atoms with E-state index in [2.05, 4.69) is 17.7 Å². The van der Waals surface area contributed by atoms with Gasteiger partial charge in [0.05, 0.1) is 11.4 Å². The minimum absolute atomic E-state index is 0.0437. The van der Waals surface area contributed by atoms with Gasteiger partial charge in [0.15, 0.2) is 0 Å². The molecule has 1 aliphatic heterocycles. The van der Waals surface area contributed by atoms with Gasteiger partial charge >= 0.3 is 0 Å². The molecule has 6 heteroatoms. The number of hydrogen-bond acceptors (Lipinski definition) is 3. The average Bonchev–Trinajstić information content (AvgIpc) is 3.37. The Labute approximate surface area is 163 Å². The van der Waals surface area contributed by atoms with Crippen LogP contribution in [0.25, 0.3) is 22.6 Å². The second-order valence-corrected chi connectivity index (χ2v) is 6.99. The summed E-state index contributed by atoms with van der Waals surface area (Å²) >= 11 is 0. The van der Waals surface area contributed by atoms with Crippen molar-refractivity contribution in [2.24, 2.45) is 7.05 Å². The van der Waals surface area contributed by atoms with Gasteiger partial charge in [0.2, 0.25) is 5.91 Å². The van der Waals surface area contributed by atoms with Crippen LogP contribution >= 0.6 is 0 Å². The molecule has 0 aliphatic carbocycles. The van der Waals surface area contributed by atoms with Crippen molar-refractivity contribution in [1.29, 1.82) is 0 Å². The third kappa shape index (κ3) is 3.45. The van der Waals surface area contributed by atoms with Crippen molar-refractivity contribution in [3.05, 3.63) is 72.7 Å². The maximum absolute atomic E-state index is 13.3. The topological polar surface area (TPSA) is 51.0 Å². The van der Waals surface area contributed by atoms with Crippen LogP contribution in [0.15, 0.2) is 61.3 Å². The van der Waals surface area contributed by atoms with E-state index in [0.29, 0.717) is 13.1 Å². The summed E-state index contributed by atoms with van der Waals surface area (Å²) in [5.41, 5.74) is 4.28. The van der Waals surface area contributed by atoms with Crippen molar-refractivity contribution in [2.45, 2.75) is 12.3 Å². The maximum Gasteiger partial charge on any atom is 0.245 e. The summed E-state index contributed by atoms with van der Waals surface area (Å²) < 4.78 is 15.0. The number of benzene rings is 1. The first-order chi connectivity index (χ1) is 13.5. The lowest BCUT2D eigenvalue weighted by Gasteiger charge is -2.17. The number of amides is 1. The van der Waals surface area contributed by atoms with Crippen LogP contribution in [0.1, 0.15) is 17.9 Å². The normalized spacial score (nSPS) is 16.4. The van der Waals surface area contributed by atoms with Crippen LogP contribution in [0.3, 0.4) is 0 Å². The van der Waals surface area contributed by atoms with E-state index in [1.807, 2.05) is 30.3 Å². The van der Waals surface area contributed by atoms with Crippen LogP contribution in [0.4, 0.5) is 4.39 Å². The SMILES string of the molecule is C=CC(=O)N1CC[C@@H](c2ccc(-c3ccc(F)cc3)nc2-c2ccn(C)n2)C1. The Bertz CT molecular complexity index is 1030. The van der Waals surface area contributed by atoms with Gasteiger partial charge in [-0.15, -0.1) is 0 Å². The van der Waals surface area contributed by atoms with E-state index in [4.69, 9.17) is 4.98 Å². The van der Waals surface area contributed by atoms with E-state index in [0.717, 1.165) is 34.6 Å². The standard InChI is InChI=1S/C22H21FN4O/c1-3-21(28)27-13-10-16(14-27)18-8-9-19(15-4-6-17(23)7-5-15)24-22(18)20-11-12-26(2)25-20/h3-9,11-12,16H,1,10,13-14H2,2H3/t16-/m1/s1. The number of carbonyl (C=O) groups excluding carboxylic acids is 1. The predicted molar refractivity (Wildman–Crippen MR) is 106 cm³/mol. The highest BCUT2D eigenvalue weighted by molar-refractivity contribution is 5.87. The number of rotatable bonds is 4. The van der Waals surface area contributed by atoms with Gasteiger partial charge in [0.1, 0.15) is 11.5 Å². The number of aromatic nitrogens is 3. The molecule has 0 spiro atoms. The van der Waals surface area contributed by atoms with Gasteiger partial charge in [-0.25, -0.2) is 9.37 Å². The first-order valence-corrected chi connectivity index (χ1v) is 9.23. The third-order valence-electron chi connectivity index (χ3n) is 5.14. The fraction of sp³-hybridized carbons (Fsp3) is 0.227. The molecular weight excluding hydrogens is 355 g/mol. The summed E-state index contributed by atoms with van der Waals surface area (Å²) in [7, 11) is 1.87. The molecule has 0 unspecified atom stereocenters. The largest absolute Gasteiger partial charge is 0.339 e. The van der Waals surface area contributed by atoms with Gasteiger partial charge < -0.3 is 4.90 Å². The molecular formula is C22H21FN4O. The summed E-state index contributed by atoms with van der Waals surface area (Å²) in [6.07, 6.45) is 4.11. The zero-order valence-electron chi connectivity index (χ0n) is 15.7. The average molecular weight is 376 g/mol. The Balaban J connectivity index is 1.75. The van der Waals surface area contributed by atoms with E-state index in [1.54, 1.807) is 16.8 Å². The Morgan fingerprint density at radius 1 is 1.18 bits per heavy atom. The number of hydrogen-bond donors (Lipinski definition) is 0. The lowest BCUT2D eigenvalue weighted by atomic mass is 9.94. The molecule has 2 aromatic heterocycles. The fourth-order valence-corrected chi connectivity index (χ4v) is 3.67. The van der Waals surface area contributed by atoms with Crippen molar-refractivity contribution in [2.75, 3.05) is 13.1 Å². The molecule has 1 amide bonds. The highest BCUT2D eigenvalue weighted by Gasteiger charge is 2.29. The summed E-state index contributed by atoms with van der Waals surface area (Å²) in [5.74, 6) is -0.128. The molecule has 0 N–H and O–H groups in total. The van der Waals surface area contributed by atoms with Crippen molar-refractivity contribution < 1.29 is 9.18 Å². The monoisotopic (exact) mass is 376 g/mol. The van der Waals surface area contributed by atoms with Gasteiger partial charge in [-0.2, -0.15) is 5.10 Å². The highest BCUT2D eigenvalue weighted by atomic mass is 19.1. The lowest BCUT2D eigenvalue weighted by molar-refractivity contribution is -0.125. The smallest absolute Gasteiger partial charge is 0.245 e. The zero-order valence-corrected chi connectivity index (χ0v) is 15.7. The fourth-order valence-electron chi connectivity index (χ4n) is 3.67. The Morgan fingerprint density at radius 3 is 2.64 bits per heavy atom. The number of aryl methyl sites for hydroxylation is 1. The van der Waals surface area contributed by atoms with Crippen molar-refractivity contribution >= 4 is 5.91 Å². The summed E-state index contributed by atoms with van der Waals surface area (Å²) in [5, 5.41) is 4.53. The molecule has 1 aliphatic rings.